The molecule has 0 aromatic heterocycles. The summed E-state index contributed by atoms with van der Waals surface area (Å²) in [6.45, 7) is 8.48. The zero-order chi connectivity index (χ0) is 31.0. The van der Waals surface area contributed by atoms with Crippen LogP contribution in [-0.2, 0) is 6.42 Å². The van der Waals surface area contributed by atoms with Gasteiger partial charge in [0.25, 0.3) is 0 Å². The molecular weight excluding hydrogens is 553 g/mol. The third-order valence-electron chi connectivity index (χ3n) is 9.44. The van der Waals surface area contributed by atoms with Crippen LogP contribution >= 0.6 is 0 Å². The Hall–Kier alpha value is -5.72. The summed E-state index contributed by atoms with van der Waals surface area (Å²) in [5.41, 5.74) is 12.6. The van der Waals surface area contributed by atoms with E-state index in [2.05, 4.69) is 159 Å². The Morgan fingerprint density at radius 1 is 0.543 bits per heavy atom. The lowest BCUT2D eigenvalue weighted by atomic mass is 9.83. The van der Waals surface area contributed by atoms with Gasteiger partial charge in [-0.15, -0.1) is 0 Å². The van der Waals surface area contributed by atoms with Gasteiger partial charge in [-0.05, 0) is 113 Å². The zero-order valence-corrected chi connectivity index (χ0v) is 25.8. The molecule has 0 nitrogen and oxygen atoms in total. The van der Waals surface area contributed by atoms with Gasteiger partial charge in [-0.2, -0.15) is 0 Å². The maximum atomic E-state index is 4.29. The molecule has 0 heterocycles. The van der Waals surface area contributed by atoms with Crippen molar-refractivity contribution in [2.24, 2.45) is 0 Å². The van der Waals surface area contributed by atoms with Crippen LogP contribution in [0.1, 0.15) is 28.7 Å². The SMILES string of the molecule is C=C/C(c1cccc(-c2c3ccccc3c(-c3cccc(C4=CCCc5ccccc54)c3)c3ccccc23)c1)=c1/ccccc1=C. The van der Waals surface area contributed by atoms with Crippen molar-refractivity contribution in [3.8, 4) is 22.3 Å². The summed E-state index contributed by atoms with van der Waals surface area (Å²) in [6, 6.07) is 53.0. The molecule has 8 rings (SSSR count). The molecule has 46 heavy (non-hydrogen) atoms. The van der Waals surface area contributed by atoms with Crippen LogP contribution in [0.15, 0.2) is 164 Å². The van der Waals surface area contributed by atoms with Crippen LogP contribution in [-0.4, -0.2) is 0 Å². The van der Waals surface area contributed by atoms with Gasteiger partial charge in [-0.1, -0.05) is 159 Å². The van der Waals surface area contributed by atoms with E-state index in [9.17, 15) is 0 Å². The van der Waals surface area contributed by atoms with Gasteiger partial charge in [0.2, 0.25) is 0 Å². The summed E-state index contributed by atoms with van der Waals surface area (Å²) < 4.78 is 0. The first kappa shape index (κ1) is 27.8. The van der Waals surface area contributed by atoms with Gasteiger partial charge < -0.3 is 0 Å². The van der Waals surface area contributed by atoms with Crippen LogP contribution in [0.4, 0.5) is 0 Å². The summed E-state index contributed by atoms with van der Waals surface area (Å²) in [7, 11) is 0. The molecule has 1 aliphatic carbocycles. The first-order chi connectivity index (χ1) is 22.7. The number of benzene rings is 7. The second kappa shape index (κ2) is 11.7. The quantitative estimate of drug-likeness (QED) is 0.176. The largest absolute Gasteiger partial charge is 0.0984 e. The molecule has 0 heteroatoms. The van der Waals surface area contributed by atoms with Crippen LogP contribution in [0.3, 0.4) is 0 Å². The second-order valence-electron chi connectivity index (χ2n) is 12.1. The summed E-state index contributed by atoms with van der Waals surface area (Å²) >= 11 is 0. The van der Waals surface area contributed by atoms with E-state index in [0.29, 0.717) is 0 Å². The minimum Gasteiger partial charge on any atom is -0.0984 e. The maximum absolute atomic E-state index is 4.29. The summed E-state index contributed by atoms with van der Waals surface area (Å²) in [6.07, 6.45) is 6.54. The Morgan fingerprint density at radius 3 is 1.78 bits per heavy atom. The average Bonchev–Trinajstić information content (AvgIpc) is 3.11. The number of fused-ring (bicyclic) bond motifs is 3. The van der Waals surface area contributed by atoms with E-state index in [1.54, 1.807) is 0 Å². The topological polar surface area (TPSA) is 0 Å². The third kappa shape index (κ3) is 4.71. The van der Waals surface area contributed by atoms with E-state index in [1.807, 2.05) is 12.1 Å². The average molecular weight is 587 g/mol. The summed E-state index contributed by atoms with van der Waals surface area (Å²) in [5.74, 6) is 0. The first-order valence-electron chi connectivity index (χ1n) is 16.1. The Bertz CT molecular complexity index is 2400. The van der Waals surface area contributed by atoms with Crippen molar-refractivity contribution >= 4 is 39.3 Å². The van der Waals surface area contributed by atoms with Crippen molar-refractivity contribution in [2.75, 3.05) is 0 Å². The van der Waals surface area contributed by atoms with E-state index in [4.69, 9.17) is 0 Å². The molecule has 0 saturated heterocycles. The minimum atomic E-state index is 0.998. The van der Waals surface area contributed by atoms with E-state index >= 15 is 0 Å². The fraction of sp³-hybridized carbons (Fsp3) is 0.0435. The standard InChI is InChI=1S/C46H34/c1-3-37(38-22-6-4-15-31(38)2)33-18-12-20-35(29-33)45-41-24-8-10-26-43(41)46(44-27-11-9-25-42(44)45)36-21-13-19-34(30-36)40-28-14-17-32-16-5-7-23-39(32)40/h3-13,15-16,18-30H,1-2,14,17H2/b38-37+. The highest BCUT2D eigenvalue weighted by Gasteiger charge is 2.19. The van der Waals surface area contributed by atoms with Gasteiger partial charge in [0.05, 0.1) is 0 Å². The maximum Gasteiger partial charge on any atom is -0.00262 e. The van der Waals surface area contributed by atoms with E-state index in [0.717, 1.165) is 34.4 Å². The molecule has 0 unspecified atom stereocenters. The molecule has 0 aliphatic heterocycles. The number of rotatable bonds is 5. The molecule has 0 atom stereocenters. The van der Waals surface area contributed by atoms with E-state index in [-0.39, 0.29) is 0 Å². The number of allylic oxidation sites excluding steroid dienone is 2. The van der Waals surface area contributed by atoms with Crippen molar-refractivity contribution in [1.82, 2.24) is 0 Å². The van der Waals surface area contributed by atoms with Crippen molar-refractivity contribution in [2.45, 2.75) is 12.8 Å². The number of aryl methyl sites for hydroxylation is 1. The summed E-state index contributed by atoms with van der Waals surface area (Å²) in [4.78, 5) is 0. The highest BCUT2D eigenvalue weighted by molar-refractivity contribution is 6.21. The highest BCUT2D eigenvalue weighted by atomic mass is 14.2. The van der Waals surface area contributed by atoms with Gasteiger partial charge in [0.1, 0.15) is 0 Å². The second-order valence-corrected chi connectivity index (χ2v) is 12.1. The van der Waals surface area contributed by atoms with E-state index < -0.39 is 0 Å². The molecule has 0 spiro atoms. The Kier molecular flexibility index (Phi) is 7.04. The minimum absolute atomic E-state index is 0.998. The lowest BCUT2D eigenvalue weighted by Crippen LogP contribution is -2.24. The zero-order valence-electron chi connectivity index (χ0n) is 25.8. The van der Waals surface area contributed by atoms with Crippen LogP contribution < -0.4 is 10.4 Å². The molecule has 0 bridgehead atoms. The van der Waals surface area contributed by atoms with Crippen molar-refractivity contribution in [3.63, 3.8) is 0 Å². The molecule has 0 N–H and O–H groups in total. The van der Waals surface area contributed by atoms with Crippen molar-refractivity contribution < 1.29 is 0 Å². The van der Waals surface area contributed by atoms with Gasteiger partial charge in [0, 0.05) is 0 Å². The van der Waals surface area contributed by atoms with Crippen molar-refractivity contribution in [1.29, 1.82) is 0 Å². The molecule has 7 aromatic rings. The highest BCUT2D eigenvalue weighted by Crippen LogP contribution is 2.44. The van der Waals surface area contributed by atoms with Crippen LogP contribution in [0.2, 0.25) is 0 Å². The molecule has 0 saturated carbocycles. The molecular formula is C46H34. The fourth-order valence-corrected chi connectivity index (χ4v) is 7.36. The number of hydrogen-bond donors (Lipinski definition) is 0. The summed E-state index contributed by atoms with van der Waals surface area (Å²) in [5, 5.41) is 7.12. The van der Waals surface area contributed by atoms with Crippen LogP contribution in [0, 0.1) is 0 Å². The molecule has 0 amide bonds. The smallest absolute Gasteiger partial charge is 0.00262 e. The Balaban J connectivity index is 1.36. The normalized spacial score (nSPS) is 13.3. The fourth-order valence-electron chi connectivity index (χ4n) is 7.36. The van der Waals surface area contributed by atoms with Crippen LogP contribution in [0.5, 0.6) is 0 Å². The Morgan fingerprint density at radius 2 is 1.11 bits per heavy atom. The lowest BCUT2D eigenvalue weighted by molar-refractivity contribution is 0.978. The Labute approximate surface area is 270 Å². The first-order valence-corrected chi connectivity index (χ1v) is 16.1. The van der Waals surface area contributed by atoms with Gasteiger partial charge in [-0.25, -0.2) is 0 Å². The van der Waals surface area contributed by atoms with Crippen molar-refractivity contribution in [3.05, 3.63) is 197 Å². The van der Waals surface area contributed by atoms with Crippen LogP contribution in [0.25, 0.3) is 61.5 Å². The third-order valence-corrected chi connectivity index (χ3v) is 9.44. The number of hydrogen-bond acceptors (Lipinski definition) is 0. The molecule has 1 aliphatic rings. The molecule has 0 fully saturated rings. The van der Waals surface area contributed by atoms with Gasteiger partial charge >= 0.3 is 0 Å². The monoisotopic (exact) mass is 586 g/mol. The predicted molar refractivity (Wildman–Crippen MR) is 198 cm³/mol. The van der Waals surface area contributed by atoms with E-state index in [1.165, 1.54) is 66.1 Å². The van der Waals surface area contributed by atoms with Gasteiger partial charge in [0.15, 0.2) is 0 Å². The van der Waals surface area contributed by atoms with Gasteiger partial charge in [-0.3, -0.25) is 0 Å². The molecule has 218 valence electrons. The molecule has 0 radical (unpaired) electrons. The predicted octanol–water partition coefficient (Wildman–Crippen LogP) is 10.5. The lowest BCUT2D eigenvalue weighted by Gasteiger charge is -2.20. The molecule has 7 aromatic carbocycles.